The molecule has 9 rings (SSSR count). The highest BCUT2D eigenvalue weighted by Gasteiger charge is 2.61. The summed E-state index contributed by atoms with van der Waals surface area (Å²) < 4.78 is 101. The van der Waals surface area contributed by atoms with Crippen LogP contribution in [0.15, 0.2) is 0 Å². The van der Waals surface area contributed by atoms with E-state index in [0.717, 1.165) is 34.6 Å². The number of carbonyl (C=O) groups is 5. The summed E-state index contributed by atoms with van der Waals surface area (Å²) in [6.45, 7) is -4.87. The van der Waals surface area contributed by atoms with Gasteiger partial charge >= 0.3 is 0 Å². The van der Waals surface area contributed by atoms with E-state index in [1.54, 1.807) is 0 Å². The van der Waals surface area contributed by atoms with E-state index in [4.69, 9.17) is 80.5 Å². The first-order valence-corrected chi connectivity index (χ1v) is 36.6. The zero-order chi connectivity index (χ0) is 84.8. The molecular formula is C64H107N5O46. The Hall–Kier alpha value is -4.29. The summed E-state index contributed by atoms with van der Waals surface area (Å²) in [5, 5.41) is 280. The van der Waals surface area contributed by atoms with Gasteiger partial charge in [0.2, 0.25) is 29.5 Å². The minimum Gasteiger partial charge on any atom is -0.394 e. The Morgan fingerprint density at radius 1 is 0.226 bits per heavy atom. The summed E-state index contributed by atoms with van der Waals surface area (Å²) in [7, 11) is 0. The Labute approximate surface area is 651 Å². The molecule has 664 valence electrons. The van der Waals surface area contributed by atoms with Crippen molar-refractivity contribution in [3.63, 3.8) is 0 Å². The van der Waals surface area contributed by atoms with Crippen molar-refractivity contribution in [2.45, 2.75) is 311 Å². The maximum absolute atomic E-state index is 13.1. The third-order valence-corrected chi connectivity index (χ3v) is 20.7. The van der Waals surface area contributed by atoms with Crippen LogP contribution in [0.5, 0.6) is 0 Å². The van der Waals surface area contributed by atoms with E-state index in [9.17, 15) is 147 Å². The van der Waals surface area contributed by atoms with Gasteiger partial charge in [0.1, 0.15) is 219 Å². The summed E-state index contributed by atoms with van der Waals surface area (Å²) in [5.74, 6) is -4.40. The number of aliphatic hydroxyl groups excluding tert-OH is 24. The molecule has 9 saturated heterocycles. The lowest BCUT2D eigenvalue weighted by molar-refractivity contribution is -0.398. The summed E-state index contributed by atoms with van der Waals surface area (Å²) in [6, 6.07) is -9.01. The number of hydrogen-bond acceptors (Lipinski definition) is 46. The third kappa shape index (κ3) is 21.4. The largest absolute Gasteiger partial charge is 0.394 e. The average molecular weight is 1680 g/mol. The van der Waals surface area contributed by atoms with E-state index in [0.29, 0.717) is 0 Å². The topological polar surface area (TPSA) is 788 Å². The fourth-order valence-electron chi connectivity index (χ4n) is 14.8. The van der Waals surface area contributed by atoms with Crippen molar-refractivity contribution >= 4 is 29.5 Å². The predicted octanol–water partition coefficient (Wildman–Crippen LogP) is -19.9. The highest BCUT2D eigenvalue weighted by atomic mass is 16.8. The van der Waals surface area contributed by atoms with E-state index in [2.05, 4.69) is 26.6 Å². The van der Waals surface area contributed by atoms with Gasteiger partial charge in [-0.15, -0.1) is 0 Å². The molecule has 0 saturated carbocycles. The Morgan fingerprint density at radius 3 is 0.913 bits per heavy atom. The number of amides is 5. The van der Waals surface area contributed by atoms with E-state index in [-0.39, 0.29) is 0 Å². The van der Waals surface area contributed by atoms with Crippen LogP contribution in [0.25, 0.3) is 0 Å². The molecule has 9 aliphatic rings. The van der Waals surface area contributed by atoms with Crippen LogP contribution in [0.1, 0.15) is 34.6 Å². The summed E-state index contributed by atoms with van der Waals surface area (Å²) in [4.78, 5) is 63.2. The molecule has 45 atom stereocenters. The maximum atomic E-state index is 13.1. The van der Waals surface area contributed by atoms with Crippen molar-refractivity contribution in [2.75, 3.05) is 59.5 Å². The Bertz CT molecular complexity index is 3100. The second-order valence-corrected chi connectivity index (χ2v) is 28.9. The van der Waals surface area contributed by atoms with Gasteiger partial charge in [-0.25, -0.2) is 0 Å². The number of hydrogen-bond donors (Lipinski definition) is 29. The molecule has 9 fully saturated rings. The van der Waals surface area contributed by atoms with E-state index >= 15 is 0 Å². The Morgan fingerprint density at radius 2 is 0.487 bits per heavy atom. The fraction of sp³-hybridized carbons (Fsp3) is 0.922. The predicted molar refractivity (Wildman–Crippen MR) is 355 cm³/mol. The summed E-state index contributed by atoms with van der Waals surface area (Å²) in [6.07, 6.45) is -83.5. The van der Waals surface area contributed by atoms with Gasteiger partial charge in [-0.3, -0.25) is 24.0 Å². The molecule has 29 N–H and O–H groups in total. The smallest absolute Gasteiger partial charge is 0.217 e. The van der Waals surface area contributed by atoms with Crippen molar-refractivity contribution in [3.8, 4) is 0 Å². The molecule has 9 aliphatic heterocycles. The number of aliphatic hydroxyl groups is 24. The van der Waals surface area contributed by atoms with Crippen LogP contribution in [0.3, 0.4) is 0 Å². The minimum atomic E-state index is -2.60. The van der Waals surface area contributed by atoms with Crippen LogP contribution in [0.4, 0.5) is 0 Å². The molecule has 51 nitrogen and oxygen atoms in total. The van der Waals surface area contributed by atoms with Crippen LogP contribution in [-0.4, -0.2) is 488 Å². The zero-order valence-corrected chi connectivity index (χ0v) is 62.1. The highest BCUT2D eigenvalue weighted by molar-refractivity contribution is 5.75. The third-order valence-electron chi connectivity index (χ3n) is 20.7. The highest BCUT2D eigenvalue weighted by Crippen LogP contribution is 2.40. The minimum absolute atomic E-state index is 0.794. The van der Waals surface area contributed by atoms with Crippen molar-refractivity contribution < 1.29 is 227 Å². The van der Waals surface area contributed by atoms with Gasteiger partial charge in [0, 0.05) is 34.6 Å². The zero-order valence-electron chi connectivity index (χ0n) is 62.1. The van der Waals surface area contributed by atoms with Gasteiger partial charge in [0.15, 0.2) is 56.6 Å². The fourth-order valence-corrected chi connectivity index (χ4v) is 14.8. The molecule has 0 aromatic rings. The SMILES string of the molecule is CC(=O)N[C@@H]1[C@@H](O)[C@H](O[C@@H]2O[C@H](CO)[C@@H](O[C@@H]3O[C@H](CO[C@H]4O[C@H](CO[C@@H]5O[C@H](CO)[C@@H](O)[C@H](O)[C@H]5NC(C)=O)[C@@H](O)[C@H](O)[C@@H]4O[C@@H]4O[C@H](CO)[C@@H](O)[C@H](O)[C@H]4NC(C)=O)[C@@H](O)[C@H](O[C@H]4O[C@H](CO)[C@@H](O)[C@H](O)[C@@H]4O[C@@H]4O[C@H](CO)[C@@H](O[C@@H]5O[C@H](CO)[C@H](O)[C@H](O)[C@H]5O)[C@H](O)[C@H]4NC(C)=O)[C@@H]3O)[C@H](O)[C@H]2NC(C)=O)[C@@H](CO)O[C@@H]1O. The van der Waals surface area contributed by atoms with E-state index < -0.39 is 365 Å². The molecule has 9 heterocycles. The molecular weight excluding hydrogens is 1570 g/mol. The molecule has 0 spiro atoms. The standard InChI is InChI=1S/C64H107N5O46/c1-15(77)65-29-42(90)50(24(10-74)101-56(29)98)110-59-32(68-18(4)80)43(91)52(26(12-76)106-59)112-62-49(97)53(113-64-55(46(94)37(85)23(9-73)105-64)115-60-33(69-19(5)81)44(92)51(25(11-75)107-60)111-61-48(96)45(93)36(84)22(8-72)104-61)39(87)28(108-62)14-100-63-54(114-58-31(67-17(3)79)41(89)35(83)21(7-71)103-58)47(95)38(86)27(109-63)13-99-57-30(66-16(2)78)40(88)34(82)20(6-70)102-57/h20-64,70-76,82-98H,6-14H2,1-5H3,(H,65,77)(H,66,78)(H,67,79)(H,68,80)(H,69,81)/t20-,21-,22-,23-,24-,25-,26-,27-,28-,29-,30-,31-,32-,33-,34-,35-,36+,37-,38-,39-,40-,41-,42-,43-,44-,45+,46+,47+,48-,49+,50-,51-,52-,53+,54+,55+,56+,57-,58+,59+,60+,61+,62+,63+,64-/m1/s1. The van der Waals surface area contributed by atoms with Gasteiger partial charge in [-0.1, -0.05) is 0 Å². The molecule has 0 aliphatic carbocycles. The quantitative estimate of drug-likeness (QED) is 0.0318. The summed E-state index contributed by atoms with van der Waals surface area (Å²) >= 11 is 0. The van der Waals surface area contributed by atoms with Crippen LogP contribution in [0, 0.1) is 0 Å². The second kappa shape index (κ2) is 41.5. The van der Waals surface area contributed by atoms with Crippen LogP contribution in [0.2, 0.25) is 0 Å². The second-order valence-electron chi connectivity index (χ2n) is 28.9. The number of nitrogens with one attached hydrogen (secondary N) is 5. The van der Waals surface area contributed by atoms with E-state index in [1.165, 1.54) is 0 Å². The molecule has 0 radical (unpaired) electrons. The molecule has 0 aromatic carbocycles. The lowest BCUT2D eigenvalue weighted by atomic mass is 9.93. The molecule has 5 amide bonds. The Balaban J connectivity index is 1.09. The first-order chi connectivity index (χ1) is 54.4. The van der Waals surface area contributed by atoms with Crippen molar-refractivity contribution in [2.24, 2.45) is 0 Å². The lowest BCUT2D eigenvalue weighted by Crippen LogP contribution is -2.71. The molecule has 51 heteroatoms. The van der Waals surface area contributed by atoms with Gasteiger partial charge in [-0.05, 0) is 0 Å². The first kappa shape index (κ1) is 94.6. The average Bonchev–Trinajstić information content (AvgIpc) is 0.763. The van der Waals surface area contributed by atoms with Gasteiger partial charge in [0.25, 0.3) is 0 Å². The van der Waals surface area contributed by atoms with Gasteiger partial charge < -0.3 is 230 Å². The monoisotopic (exact) mass is 1680 g/mol. The Kier molecular flexibility index (Phi) is 34.1. The normalized spacial score (nSPS) is 47.9. The van der Waals surface area contributed by atoms with Crippen LogP contribution < -0.4 is 26.6 Å². The first-order valence-electron chi connectivity index (χ1n) is 36.6. The lowest BCUT2D eigenvalue weighted by Gasteiger charge is -2.51. The summed E-state index contributed by atoms with van der Waals surface area (Å²) in [5.41, 5.74) is 0. The number of carbonyl (C=O) groups excluding carboxylic acids is 5. The van der Waals surface area contributed by atoms with Gasteiger partial charge in [-0.2, -0.15) is 0 Å². The molecule has 0 unspecified atom stereocenters. The van der Waals surface area contributed by atoms with Crippen molar-refractivity contribution in [1.29, 1.82) is 0 Å². The van der Waals surface area contributed by atoms with E-state index in [1.807, 2.05) is 0 Å². The van der Waals surface area contributed by atoms with Crippen LogP contribution >= 0.6 is 0 Å². The van der Waals surface area contributed by atoms with Gasteiger partial charge in [0.05, 0.1) is 59.5 Å². The number of rotatable bonds is 30. The molecule has 115 heavy (non-hydrogen) atoms. The molecule has 0 aromatic heterocycles. The van der Waals surface area contributed by atoms with Crippen LogP contribution in [-0.2, 0) is 104 Å². The van der Waals surface area contributed by atoms with Crippen molar-refractivity contribution in [1.82, 2.24) is 26.6 Å². The van der Waals surface area contributed by atoms with Crippen molar-refractivity contribution in [3.05, 3.63) is 0 Å². The molecule has 0 bridgehead atoms. The maximum Gasteiger partial charge on any atom is 0.217 e. The number of ether oxygens (including phenoxy) is 17.